The molecule has 15 heavy (non-hydrogen) atoms. The first-order valence-electron chi connectivity index (χ1n) is 4.35. The zero-order valence-corrected chi connectivity index (χ0v) is 7.73. The zero-order chi connectivity index (χ0) is 10.8. The molecule has 0 saturated heterocycles. The largest absolute Gasteiger partial charge is 0.477 e. The van der Waals surface area contributed by atoms with Gasteiger partial charge in [0.2, 0.25) is 5.91 Å². The molecule has 5 nitrogen and oxygen atoms in total. The average Bonchev–Trinajstić information content (AvgIpc) is 2.35. The highest BCUT2D eigenvalue weighted by Crippen LogP contribution is 2.18. The Bertz CT molecular complexity index is 465. The standard InChI is InChI=1S/C10H8N2O3/c13-8-5-11-9(10(14)15)6-3-1-2-4-7(6)12-8/h1-4H,5H2,(H,12,13)(H,14,15). The van der Waals surface area contributed by atoms with Crippen LogP contribution in [-0.4, -0.2) is 29.2 Å². The van der Waals surface area contributed by atoms with Gasteiger partial charge < -0.3 is 10.4 Å². The van der Waals surface area contributed by atoms with Crippen molar-refractivity contribution in [2.24, 2.45) is 4.99 Å². The number of carboxylic acid groups (broad SMARTS) is 1. The molecule has 1 heterocycles. The summed E-state index contributed by atoms with van der Waals surface area (Å²) in [4.78, 5) is 25.9. The number of hydrogen-bond donors (Lipinski definition) is 2. The van der Waals surface area contributed by atoms with Crippen molar-refractivity contribution in [2.75, 3.05) is 11.9 Å². The van der Waals surface area contributed by atoms with Crippen LogP contribution in [0.2, 0.25) is 0 Å². The summed E-state index contributed by atoms with van der Waals surface area (Å²) >= 11 is 0. The molecule has 0 radical (unpaired) electrons. The number of fused-ring (bicyclic) bond motifs is 1. The monoisotopic (exact) mass is 204 g/mol. The number of aliphatic carboxylic acids is 1. The van der Waals surface area contributed by atoms with E-state index >= 15 is 0 Å². The highest BCUT2D eigenvalue weighted by Gasteiger charge is 2.20. The van der Waals surface area contributed by atoms with Crippen LogP contribution in [0.5, 0.6) is 0 Å². The van der Waals surface area contributed by atoms with Gasteiger partial charge in [-0.15, -0.1) is 0 Å². The Kier molecular flexibility index (Phi) is 2.21. The number of benzene rings is 1. The quantitative estimate of drug-likeness (QED) is 0.699. The number of aliphatic imine (C=N–C) groups is 1. The van der Waals surface area contributed by atoms with E-state index in [4.69, 9.17) is 5.11 Å². The molecule has 1 amide bonds. The fraction of sp³-hybridized carbons (Fsp3) is 0.100. The summed E-state index contributed by atoms with van der Waals surface area (Å²) in [6, 6.07) is 6.70. The number of nitrogens with zero attached hydrogens (tertiary/aromatic N) is 1. The molecule has 0 saturated carbocycles. The Morgan fingerprint density at radius 1 is 1.40 bits per heavy atom. The maximum absolute atomic E-state index is 11.2. The van der Waals surface area contributed by atoms with Crippen LogP contribution in [0.4, 0.5) is 5.69 Å². The second kappa shape index (κ2) is 3.53. The minimum atomic E-state index is -1.13. The van der Waals surface area contributed by atoms with Crippen molar-refractivity contribution in [3.8, 4) is 0 Å². The lowest BCUT2D eigenvalue weighted by atomic mass is 10.1. The summed E-state index contributed by atoms with van der Waals surface area (Å²) < 4.78 is 0. The highest BCUT2D eigenvalue weighted by molar-refractivity contribution is 6.44. The number of benzodiazepines with no additional fused rings is 1. The number of nitrogens with one attached hydrogen (secondary N) is 1. The van der Waals surface area contributed by atoms with E-state index in [1.807, 2.05) is 0 Å². The van der Waals surface area contributed by atoms with Gasteiger partial charge in [0.15, 0.2) is 5.71 Å². The Labute approximate surface area is 85.4 Å². The lowest BCUT2D eigenvalue weighted by Crippen LogP contribution is -2.14. The van der Waals surface area contributed by atoms with Crippen molar-refractivity contribution in [3.63, 3.8) is 0 Å². The summed E-state index contributed by atoms with van der Waals surface area (Å²) in [6.07, 6.45) is 0. The molecule has 0 aromatic heterocycles. The smallest absolute Gasteiger partial charge is 0.354 e. The number of anilines is 1. The van der Waals surface area contributed by atoms with E-state index in [2.05, 4.69) is 10.3 Å². The normalized spacial score (nSPS) is 14.7. The Morgan fingerprint density at radius 3 is 2.87 bits per heavy atom. The van der Waals surface area contributed by atoms with E-state index < -0.39 is 5.97 Å². The Balaban J connectivity index is 2.58. The highest BCUT2D eigenvalue weighted by atomic mass is 16.4. The van der Waals surface area contributed by atoms with Crippen LogP contribution in [0.15, 0.2) is 29.3 Å². The van der Waals surface area contributed by atoms with Gasteiger partial charge in [0.25, 0.3) is 0 Å². The van der Waals surface area contributed by atoms with Crippen molar-refractivity contribution in [3.05, 3.63) is 29.8 Å². The van der Waals surface area contributed by atoms with E-state index in [1.165, 1.54) is 0 Å². The molecule has 2 N–H and O–H groups in total. The van der Waals surface area contributed by atoms with Crippen LogP contribution in [0, 0.1) is 0 Å². The number of rotatable bonds is 1. The first-order valence-corrected chi connectivity index (χ1v) is 4.35. The SMILES string of the molecule is O=C1CN=C(C(=O)O)c2ccccc2N1. The van der Waals surface area contributed by atoms with Crippen molar-refractivity contribution in [1.82, 2.24) is 0 Å². The molecule has 0 fully saturated rings. The fourth-order valence-electron chi connectivity index (χ4n) is 1.41. The number of hydrogen-bond acceptors (Lipinski definition) is 3. The molecule has 76 valence electrons. The van der Waals surface area contributed by atoms with Gasteiger partial charge in [-0.2, -0.15) is 0 Å². The number of carboxylic acids is 1. The van der Waals surface area contributed by atoms with Crippen molar-refractivity contribution >= 4 is 23.3 Å². The third-order valence-corrected chi connectivity index (χ3v) is 2.04. The van der Waals surface area contributed by atoms with Gasteiger partial charge in [-0.3, -0.25) is 9.79 Å². The van der Waals surface area contributed by atoms with Crippen LogP contribution in [-0.2, 0) is 9.59 Å². The molecule has 1 aliphatic rings. The number of para-hydroxylation sites is 1. The summed E-state index contributed by atoms with van der Waals surface area (Å²) in [5.41, 5.74) is 0.848. The second-order valence-corrected chi connectivity index (χ2v) is 3.06. The van der Waals surface area contributed by atoms with E-state index in [9.17, 15) is 9.59 Å². The van der Waals surface area contributed by atoms with E-state index in [0.717, 1.165) is 0 Å². The third kappa shape index (κ3) is 1.71. The van der Waals surface area contributed by atoms with E-state index in [1.54, 1.807) is 24.3 Å². The summed E-state index contributed by atoms with van der Waals surface area (Å²) in [6.45, 7) is -0.156. The minimum absolute atomic E-state index is 0.0797. The summed E-state index contributed by atoms with van der Waals surface area (Å²) in [5.74, 6) is -1.43. The molecule has 0 unspecified atom stereocenters. The van der Waals surface area contributed by atoms with E-state index in [-0.39, 0.29) is 18.2 Å². The molecule has 2 rings (SSSR count). The lowest BCUT2D eigenvalue weighted by molar-refractivity contribution is -0.129. The average molecular weight is 204 g/mol. The molecule has 1 aromatic carbocycles. The first-order chi connectivity index (χ1) is 7.18. The van der Waals surface area contributed by atoms with Gasteiger partial charge in [-0.1, -0.05) is 18.2 Å². The number of carbonyl (C=O) groups is 2. The van der Waals surface area contributed by atoms with Gasteiger partial charge in [0, 0.05) is 5.56 Å². The summed E-state index contributed by atoms with van der Waals surface area (Å²) in [7, 11) is 0. The minimum Gasteiger partial charge on any atom is -0.477 e. The predicted octanol–water partition coefficient (Wildman–Crippen LogP) is 0.512. The number of carbonyl (C=O) groups excluding carboxylic acids is 1. The maximum Gasteiger partial charge on any atom is 0.354 e. The van der Waals surface area contributed by atoms with Crippen molar-refractivity contribution in [1.29, 1.82) is 0 Å². The van der Waals surface area contributed by atoms with Gasteiger partial charge in [-0.25, -0.2) is 4.79 Å². The number of amides is 1. The van der Waals surface area contributed by atoms with E-state index in [0.29, 0.717) is 11.3 Å². The molecule has 5 heteroatoms. The maximum atomic E-state index is 11.2. The van der Waals surface area contributed by atoms with Crippen LogP contribution in [0.25, 0.3) is 0 Å². The van der Waals surface area contributed by atoms with Crippen LogP contribution < -0.4 is 5.32 Å². The van der Waals surface area contributed by atoms with Gasteiger partial charge in [-0.05, 0) is 6.07 Å². The molecule has 0 atom stereocenters. The lowest BCUT2D eigenvalue weighted by Gasteiger charge is -2.05. The molecule has 0 spiro atoms. The summed E-state index contributed by atoms with van der Waals surface area (Å²) in [5, 5.41) is 11.5. The van der Waals surface area contributed by atoms with Crippen LogP contribution in [0.3, 0.4) is 0 Å². The Morgan fingerprint density at radius 2 is 2.13 bits per heavy atom. The molecular weight excluding hydrogens is 196 g/mol. The van der Waals surface area contributed by atoms with Gasteiger partial charge in [0.05, 0.1) is 5.69 Å². The molecule has 1 aliphatic heterocycles. The molecule has 0 bridgehead atoms. The van der Waals surface area contributed by atoms with Crippen LogP contribution in [0.1, 0.15) is 5.56 Å². The first kappa shape index (κ1) is 9.39. The van der Waals surface area contributed by atoms with Crippen molar-refractivity contribution < 1.29 is 14.7 Å². The van der Waals surface area contributed by atoms with Crippen LogP contribution >= 0.6 is 0 Å². The molecular formula is C10H8N2O3. The zero-order valence-electron chi connectivity index (χ0n) is 7.73. The topological polar surface area (TPSA) is 78.8 Å². The third-order valence-electron chi connectivity index (χ3n) is 2.04. The van der Waals surface area contributed by atoms with Crippen molar-refractivity contribution in [2.45, 2.75) is 0 Å². The predicted molar refractivity (Wildman–Crippen MR) is 54.1 cm³/mol. The van der Waals surface area contributed by atoms with Gasteiger partial charge >= 0.3 is 5.97 Å². The molecule has 0 aliphatic carbocycles. The van der Waals surface area contributed by atoms with Gasteiger partial charge in [0.1, 0.15) is 6.54 Å². The molecule has 1 aromatic rings. The fourth-order valence-corrected chi connectivity index (χ4v) is 1.41. The Hall–Kier alpha value is -2.17. The second-order valence-electron chi connectivity index (χ2n) is 3.06.